The van der Waals surface area contributed by atoms with Gasteiger partial charge in [-0.1, -0.05) is 19.8 Å². The van der Waals surface area contributed by atoms with E-state index in [2.05, 4.69) is 34.2 Å². The third-order valence-electron chi connectivity index (χ3n) is 5.16. The monoisotopic (exact) mass is 289 g/mol. The second-order valence-corrected chi connectivity index (χ2v) is 6.55. The van der Waals surface area contributed by atoms with Gasteiger partial charge in [-0.3, -0.25) is 0 Å². The molecule has 0 amide bonds. The maximum absolute atomic E-state index is 6.03. The highest BCUT2D eigenvalue weighted by atomic mass is 15.2. The summed E-state index contributed by atoms with van der Waals surface area (Å²) in [5.74, 6) is 1.58. The number of nitrogens with one attached hydrogen (secondary N) is 1. The number of hydrogen-bond acceptors (Lipinski definition) is 5. The minimum atomic E-state index is 0.515. The van der Waals surface area contributed by atoms with E-state index in [-0.39, 0.29) is 0 Å². The Bertz CT molecular complexity index is 476. The predicted molar refractivity (Wildman–Crippen MR) is 86.3 cm³/mol. The van der Waals surface area contributed by atoms with Crippen molar-refractivity contribution in [3.8, 4) is 0 Å². The van der Waals surface area contributed by atoms with Gasteiger partial charge in [-0.2, -0.15) is 0 Å². The van der Waals surface area contributed by atoms with Crippen LogP contribution < -0.4 is 11.1 Å². The van der Waals surface area contributed by atoms with E-state index >= 15 is 0 Å². The number of nitrogen functional groups attached to an aromatic ring is 1. The van der Waals surface area contributed by atoms with Gasteiger partial charge in [-0.15, -0.1) is 0 Å². The molecule has 1 aromatic rings. The molecule has 2 unspecified atom stereocenters. The Morgan fingerprint density at radius 1 is 1.29 bits per heavy atom. The molecule has 2 fully saturated rings. The molecule has 0 saturated carbocycles. The quantitative estimate of drug-likeness (QED) is 0.891. The minimum Gasteiger partial charge on any atom is -0.383 e. The highest BCUT2D eigenvalue weighted by molar-refractivity contribution is 5.55. The molecular formula is C16H27N5. The first-order valence-electron chi connectivity index (χ1n) is 8.26. The van der Waals surface area contributed by atoms with Gasteiger partial charge < -0.3 is 16.0 Å². The lowest BCUT2D eigenvalue weighted by Gasteiger charge is -2.47. The van der Waals surface area contributed by atoms with E-state index in [0.29, 0.717) is 11.9 Å². The fourth-order valence-corrected chi connectivity index (χ4v) is 3.97. The third-order valence-corrected chi connectivity index (χ3v) is 5.16. The SMILES string of the molecule is CCCc1c(N)ncnc1NC1CC2CCCC(C1)N2C. The average molecular weight is 289 g/mol. The first-order valence-corrected chi connectivity index (χ1v) is 8.26. The van der Waals surface area contributed by atoms with Crippen LogP contribution in [-0.4, -0.2) is 40.0 Å². The molecule has 116 valence electrons. The number of nitrogens with zero attached hydrogens (tertiary/aromatic N) is 3. The smallest absolute Gasteiger partial charge is 0.134 e. The van der Waals surface area contributed by atoms with Crippen LogP contribution in [-0.2, 0) is 6.42 Å². The van der Waals surface area contributed by atoms with Gasteiger partial charge in [0.05, 0.1) is 0 Å². The molecule has 2 aliphatic rings. The van der Waals surface area contributed by atoms with Gasteiger partial charge in [0.15, 0.2) is 0 Å². The maximum Gasteiger partial charge on any atom is 0.134 e. The molecule has 5 nitrogen and oxygen atoms in total. The van der Waals surface area contributed by atoms with E-state index in [4.69, 9.17) is 5.73 Å². The molecule has 2 atom stereocenters. The van der Waals surface area contributed by atoms with E-state index < -0.39 is 0 Å². The van der Waals surface area contributed by atoms with Gasteiger partial charge in [0.2, 0.25) is 0 Å². The summed E-state index contributed by atoms with van der Waals surface area (Å²) in [7, 11) is 2.29. The van der Waals surface area contributed by atoms with Gasteiger partial charge in [0.25, 0.3) is 0 Å². The predicted octanol–water partition coefficient (Wildman–Crippen LogP) is 2.44. The second kappa shape index (κ2) is 6.18. The molecule has 0 aromatic carbocycles. The first-order chi connectivity index (χ1) is 10.2. The number of fused-ring (bicyclic) bond motifs is 2. The summed E-state index contributed by atoms with van der Waals surface area (Å²) < 4.78 is 0. The molecule has 0 spiro atoms. The largest absolute Gasteiger partial charge is 0.383 e. The number of anilines is 2. The molecule has 2 aliphatic heterocycles. The summed E-state index contributed by atoms with van der Waals surface area (Å²) in [5, 5.41) is 3.67. The van der Waals surface area contributed by atoms with Crippen molar-refractivity contribution in [2.24, 2.45) is 0 Å². The molecule has 21 heavy (non-hydrogen) atoms. The Morgan fingerprint density at radius 3 is 2.67 bits per heavy atom. The van der Waals surface area contributed by atoms with E-state index in [9.17, 15) is 0 Å². The summed E-state index contributed by atoms with van der Waals surface area (Å²) >= 11 is 0. The van der Waals surface area contributed by atoms with Gasteiger partial charge in [0.1, 0.15) is 18.0 Å². The number of aromatic nitrogens is 2. The van der Waals surface area contributed by atoms with Crippen molar-refractivity contribution in [1.29, 1.82) is 0 Å². The fraction of sp³-hybridized carbons (Fsp3) is 0.750. The molecule has 0 aliphatic carbocycles. The van der Waals surface area contributed by atoms with Crippen molar-refractivity contribution in [3.05, 3.63) is 11.9 Å². The Hall–Kier alpha value is -1.36. The summed E-state index contributed by atoms with van der Waals surface area (Å²) in [6.45, 7) is 2.16. The van der Waals surface area contributed by atoms with Crippen LogP contribution >= 0.6 is 0 Å². The van der Waals surface area contributed by atoms with Crippen LogP contribution in [0.2, 0.25) is 0 Å². The van der Waals surface area contributed by atoms with Crippen LogP contribution in [0.5, 0.6) is 0 Å². The van der Waals surface area contributed by atoms with E-state index in [1.807, 2.05) is 0 Å². The van der Waals surface area contributed by atoms with E-state index in [0.717, 1.165) is 36.3 Å². The molecule has 3 rings (SSSR count). The molecule has 5 heteroatoms. The minimum absolute atomic E-state index is 0.515. The number of rotatable bonds is 4. The number of piperidine rings is 2. The Labute approximate surface area is 127 Å². The Balaban J connectivity index is 1.74. The zero-order chi connectivity index (χ0) is 14.8. The van der Waals surface area contributed by atoms with Crippen molar-refractivity contribution in [2.45, 2.75) is 70.0 Å². The Morgan fingerprint density at radius 2 is 2.00 bits per heavy atom. The summed E-state index contributed by atoms with van der Waals surface area (Å²) in [6.07, 6.45) is 10.0. The zero-order valence-electron chi connectivity index (χ0n) is 13.2. The normalized spacial score (nSPS) is 29.3. The fourth-order valence-electron chi connectivity index (χ4n) is 3.97. The number of hydrogen-bond donors (Lipinski definition) is 2. The molecule has 2 bridgehead atoms. The molecule has 1 aromatic heterocycles. The van der Waals surface area contributed by atoms with Crippen LogP contribution in [0.3, 0.4) is 0 Å². The lowest BCUT2D eigenvalue weighted by molar-refractivity contribution is 0.0607. The van der Waals surface area contributed by atoms with Crippen LogP contribution in [0.4, 0.5) is 11.6 Å². The van der Waals surface area contributed by atoms with Crippen molar-refractivity contribution in [3.63, 3.8) is 0 Å². The van der Waals surface area contributed by atoms with Gasteiger partial charge in [0, 0.05) is 23.7 Å². The van der Waals surface area contributed by atoms with Crippen molar-refractivity contribution >= 4 is 11.6 Å². The Kier molecular flexibility index (Phi) is 4.29. The summed E-state index contributed by atoms with van der Waals surface area (Å²) in [5.41, 5.74) is 7.11. The summed E-state index contributed by atoms with van der Waals surface area (Å²) in [6, 6.07) is 1.97. The second-order valence-electron chi connectivity index (χ2n) is 6.55. The molecule has 0 radical (unpaired) electrons. The van der Waals surface area contributed by atoms with Gasteiger partial charge in [-0.25, -0.2) is 9.97 Å². The molecular weight excluding hydrogens is 262 g/mol. The number of nitrogens with two attached hydrogens (primary N) is 1. The van der Waals surface area contributed by atoms with Crippen molar-refractivity contribution in [2.75, 3.05) is 18.1 Å². The van der Waals surface area contributed by atoms with E-state index in [1.165, 1.54) is 32.1 Å². The highest BCUT2D eigenvalue weighted by Gasteiger charge is 2.36. The maximum atomic E-state index is 6.03. The van der Waals surface area contributed by atoms with Crippen LogP contribution in [0.15, 0.2) is 6.33 Å². The topological polar surface area (TPSA) is 67.1 Å². The van der Waals surface area contributed by atoms with Crippen LogP contribution in [0.1, 0.15) is 51.0 Å². The standard InChI is InChI=1S/C16H27N5/c1-3-5-14-15(17)18-10-19-16(14)20-11-8-12-6-4-7-13(9-11)21(12)2/h10-13H,3-9H2,1-2H3,(H3,17,18,19,20). The lowest BCUT2D eigenvalue weighted by atomic mass is 9.82. The molecule has 2 saturated heterocycles. The van der Waals surface area contributed by atoms with Crippen LogP contribution in [0.25, 0.3) is 0 Å². The zero-order valence-corrected chi connectivity index (χ0v) is 13.2. The lowest BCUT2D eigenvalue weighted by Crippen LogP contribution is -2.52. The summed E-state index contributed by atoms with van der Waals surface area (Å²) in [4.78, 5) is 11.2. The van der Waals surface area contributed by atoms with Crippen LogP contribution in [0, 0.1) is 0 Å². The molecule has 3 heterocycles. The van der Waals surface area contributed by atoms with Gasteiger partial charge in [-0.05, 0) is 39.2 Å². The highest BCUT2D eigenvalue weighted by Crippen LogP contribution is 2.34. The van der Waals surface area contributed by atoms with Gasteiger partial charge >= 0.3 is 0 Å². The first kappa shape index (κ1) is 14.6. The van der Waals surface area contributed by atoms with Crippen molar-refractivity contribution in [1.82, 2.24) is 14.9 Å². The molecule has 3 N–H and O–H groups in total. The average Bonchev–Trinajstić information content (AvgIpc) is 2.44. The van der Waals surface area contributed by atoms with Crippen molar-refractivity contribution < 1.29 is 0 Å². The van der Waals surface area contributed by atoms with E-state index in [1.54, 1.807) is 6.33 Å². The third kappa shape index (κ3) is 2.98.